The van der Waals surface area contributed by atoms with Gasteiger partial charge in [0.1, 0.15) is 10.6 Å². The standard InChI is InChI=1S/C13H8F3N3S/c1-2-8-3-6-12-17-7-9(19(12)18-8)10-4-5-11(20-10)13(14,15)16/h2-7H,1H2. The quantitative estimate of drug-likeness (QED) is 0.712. The highest BCUT2D eigenvalue weighted by atomic mass is 32.1. The zero-order chi connectivity index (χ0) is 14.3. The molecule has 0 aliphatic carbocycles. The van der Waals surface area contributed by atoms with Crippen molar-refractivity contribution < 1.29 is 13.2 Å². The van der Waals surface area contributed by atoms with E-state index in [1.165, 1.54) is 16.8 Å². The van der Waals surface area contributed by atoms with Gasteiger partial charge in [0, 0.05) is 0 Å². The van der Waals surface area contributed by atoms with Crippen molar-refractivity contribution in [2.75, 3.05) is 0 Å². The molecular weight excluding hydrogens is 287 g/mol. The highest BCUT2D eigenvalue weighted by Gasteiger charge is 2.32. The first kappa shape index (κ1) is 12.9. The Labute approximate surface area is 116 Å². The Morgan fingerprint density at radius 2 is 2.00 bits per heavy atom. The maximum atomic E-state index is 12.6. The van der Waals surface area contributed by atoms with Gasteiger partial charge < -0.3 is 0 Å². The third-order valence-corrected chi connectivity index (χ3v) is 3.88. The lowest BCUT2D eigenvalue weighted by Gasteiger charge is -2.01. The lowest BCUT2D eigenvalue weighted by atomic mass is 10.3. The van der Waals surface area contributed by atoms with E-state index in [0.717, 1.165) is 6.07 Å². The van der Waals surface area contributed by atoms with Gasteiger partial charge in [-0.05, 0) is 30.3 Å². The number of aromatic nitrogens is 3. The van der Waals surface area contributed by atoms with Crippen LogP contribution in [-0.2, 0) is 6.18 Å². The Kier molecular flexibility index (Phi) is 2.86. The molecule has 0 saturated heterocycles. The van der Waals surface area contributed by atoms with Crippen LogP contribution in [0.5, 0.6) is 0 Å². The van der Waals surface area contributed by atoms with Crippen molar-refractivity contribution in [3.8, 4) is 10.6 Å². The molecule has 0 saturated carbocycles. The summed E-state index contributed by atoms with van der Waals surface area (Å²) in [6.07, 6.45) is -1.25. The average Bonchev–Trinajstić information content (AvgIpc) is 3.03. The summed E-state index contributed by atoms with van der Waals surface area (Å²) in [6, 6.07) is 5.98. The van der Waals surface area contributed by atoms with Gasteiger partial charge in [-0.25, -0.2) is 9.50 Å². The number of alkyl halides is 3. The smallest absolute Gasteiger partial charge is 0.235 e. The van der Waals surface area contributed by atoms with Crippen molar-refractivity contribution in [2.24, 2.45) is 0 Å². The Bertz CT molecular complexity index is 786. The number of thiophene rings is 1. The molecule has 0 N–H and O–H groups in total. The molecule has 0 aliphatic rings. The van der Waals surface area contributed by atoms with Crippen molar-refractivity contribution in [1.82, 2.24) is 14.6 Å². The molecule has 0 atom stereocenters. The molecule has 7 heteroatoms. The van der Waals surface area contributed by atoms with E-state index in [1.54, 1.807) is 18.2 Å². The van der Waals surface area contributed by atoms with E-state index in [-0.39, 0.29) is 0 Å². The molecule has 0 spiro atoms. The fraction of sp³-hybridized carbons (Fsp3) is 0.0769. The Morgan fingerprint density at radius 3 is 2.65 bits per heavy atom. The first-order chi connectivity index (χ1) is 9.49. The van der Waals surface area contributed by atoms with Gasteiger partial charge in [-0.15, -0.1) is 11.3 Å². The van der Waals surface area contributed by atoms with Crippen LogP contribution < -0.4 is 0 Å². The van der Waals surface area contributed by atoms with Crippen molar-refractivity contribution in [2.45, 2.75) is 6.18 Å². The second-order valence-corrected chi connectivity index (χ2v) is 5.12. The highest BCUT2D eigenvalue weighted by Crippen LogP contribution is 2.38. The third kappa shape index (κ3) is 2.09. The molecule has 3 nitrogen and oxygen atoms in total. The van der Waals surface area contributed by atoms with Crippen LogP contribution in [0.2, 0.25) is 0 Å². The molecular formula is C13H8F3N3S. The van der Waals surface area contributed by atoms with Crippen molar-refractivity contribution in [1.29, 1.82) is 0 Å². The van der Waals surface area contributed by atoms with Crippen LogP contribution in [0.3, 0.4) is 0 Å². The minimum Gasteiger partial charge on any atom is -0.235 e. The van der Waals surface area contributed by atoms with Crippen LogP contribution in [0.15, 0.2) is 37.0 Å². The number of rotatable bonds is 2. The summed E-state index contributed by atoms with van der Waals surface area (Å²) in [6.45, 7) is 3.62. The molecule has 3 aromatic rings. The van der Waals surface area contributed by atoms with E-state index in [4.69, 9.17) is 0 Å². The lowest BCUT2D eigenvalue weighted by Crippen LogP contribution is -2.00. The summed E-state index contributed by atoms with van der Waals surface area (Å²) in [5, 5.41) is 4.26. The van der Waals surface area contributed by atoms with Gasteiger partial charge >= 0.3 is 6.18 Å². The number of hydrogen-bond donors (Lipinski definition) is 0. The van der Waals surface area contributed by atoms with Crippen LogP contribution >= 0.6 is 11.3 Å². The third-order valence-electron chi connectivity index (χ3n) is 2.73. The van der Waals surface area contributed by atoms with Gasteiger partial charge in [0.2, 0.25) is 0 Å². The summed E-state index contributed by atoms with van der Waals surface area (Å²) in [5.74, 6) is 0. The molecule has 0 radical (unpaired) electrons. The number of fused-ring (bicyclic) bond motifs is 1. The van der Waals surface area contributed by atoms with Crippen molar-refractivity contribution in [3.05, 3.63) is 47.6 Å². The summed E-state index contributed by atoms with van der Waals surface area (Å²) in [7, 11) is 0. The van der Waals surface area contributed by atoms with E-state index in [2.05, 4.69) is 16.7 Å². The minimum absolute atomic E-state index is 0.471. The topological polar surface area (TPSA) is 30.2 Å². The molecule has 3 heterocycles. The first-order valence-electron chi connectivity index (χ1n) is 5.63. The predicted molar refractivity (Wildman–Crippen MR) is 71.4 cm³/mol. The van der Waals surface area contributed by atoms with E-state index < -0.39 is 11.1 Å². The Balaban J connectivity index is 2.14. The van der Waals surface area contributed by atoms with E-state index in [9.17, 15) is 13.2 Å². The molecule has 20 heavy (non-hydrogen) atoms. The predicted octanol–water partition coefficient (Wildman–Crippen LogP) is 4.12. The average molecular weight is 295 g/mol. The first-order valence-corrected chi connectivity index (χ1v) is 6.45. The molecule has 0 aromatic carbocycles. The van der Waals surface area contributed by atoms with Crippen LogP contribution in [0, 0.1) is 0 Å². The zero-order valence-electron chi connectivity index (χ0n) is 10.1. The maximum Gasteiger partial charge on any atom is 0.425 e. The van der Waals surface area contributed by atoms with Crippen LogP contribution in [0.1, 0.15) is 10.6 Å². The van der Waals surface area contributed by atoms with Crippen molar-refractivity contribution >= 4 is 23.1 Å². The second kappa shape index (κ2) is 4.45. The number of nitrogens with zero attached hydrogens (tertiary/aromatic N) is 3. The Morgan fingerprint density at radius 1 is 1.20 bits per heavy atom. The molecule has 3 rings (SSSR count). The fourth-order valence-corrected chi connectivity index (χ4v) is 2.66. The van der Waals surface area contributed by atoms with E-state index >= 15 is 0 Å². The number of imidazole rings is 1. The molecule has 0 aliphatic heterocycles. The van der Waals surface area contributed by atoms with Crippen LogP contribution in [-0.4, -0.2) is 14.6 Å². The highest BCUT2D eigenvalue weighted by molar-refractivity contribution is 7.15. The van der Waals surface area contributed by atoms with Gasteiger partial charge in [0.25, 0.3) is 0 Å². The zero-order valence-corrected chi connectivity index (χ0v) is 10.9. The monoisotopic (exact) mass is 295 g/mol. The SMILES string of the molecule is C=Cc1ccc2ncc(-c3ccc(C(F)(F)F)s3)n2n1. The van der Waals surface area contributed by atoms with Gasteiger partial charge in [-0.3, -0.25) is 0 Å². The second-order valence-electron chi connectivity index (χ2n) is 4.04. The fourth-order valence-electron chi connectivity index (χ4n) is 1.79. The summed E-state index contributed by atoms with van der Waals surface area (Å²) in [5.41, 5.74) is 1.74. The van der Waals surface area contributed by atoms with E-state index in [0.29, 0.717) is 33.2 Å². The van der Waals surface area contributed by atoms with Gasteiger partial charge in [0.15, 0.2) is 5.65 Å². The lowest BCUT2D eigenvalue weighted by molar-refractivity contribution is -0.134. The molecule has 102 valence electrons. The molecule has 0 amide bonds. The van der Waals surface area contributed by atoms with Gasteiger partial charge in [-0.1, -0.05) is 6.58 Å². The molecule has 0 bridgehead atoms. The molecule has 0 fully saturated rings. The van der Waals surface area contributed by atoms with Crippen LogP contribution in [0.25, 0.3) is 22.3 Å². The normalized spacial score (nSPS) is 11.9. The largest absolute Gasteiger partial charge is 0.425 e. The Hall–Kier alpha value is -2.15. The summed E-state index contributed by atoms with van der Waals surface area (Å²) in [4.78, 5) is 3.97. The maximum absolute atomic E-state index is 12.6. The number of hydrogen-bond acceptors (Lipinski definition) is 3. The van der Waals surface area contributed by atoms with Crippen LogP contribution in [0.4, 0.5) is 13.2 Å². The van der Waals surface area contributed by atoms with Gasteiger partial charge in [-0.2, -0.15) is 18.3 Å². The van der Waals surface area contributed by atoms with E-state index in [1.807, 2.05) is 0 Å². The van der Waals surface area contributed by atoms with Gasteiger partial charge in [0.05, 0.1) is 16.8 Å². The molecule has 0 unspecified atom stereocenters. The minimum atomic E-state index is -4.33. The number of halogens is 3. The van der Waals surface area contributed by atoms with Crippen molar-refractivity contribution in [3.63, 3.8) is 0 Å². The summed E-state index contributed by atoms with van der Waals surface area (Å²) < 4.78 is 39.4. The molecule has 3 aromatic heterocycles. The summed E-state index contributed by atoms with van der Waals surface area (Å²) >= 11 is 0.674.